The summed E-state index contributed by atoms with van der Waals surface area (Å²) in [7, 11) is 0. The lowest BCUT2D eigenvalue weighted by Crippen LogP contribution is -2.28. The van der Waals surface area contributed by atoms with E-state index in [0.717, 1.165) is 24.2 Å². The Hall–Kier alpha value is -1.02. The van der Waals surface area contributed by atoms with Crippen molar-refractivity contribution in [3.8, 4) is 0 Å². The third kappa shape index (κ3) is 2.64. The van der Waals surface area contributed by atoms with Gasteiger partial charge in [0.05, 0.1) is 11.0 Å². The highest BCUT2D eigenvalue weighted by atomic mass is 35.5. The fraction of sp³-hybridized carbons (Fsp3) is 0.562. The van der Waals surface area contributed by atoms with Crippen LogP contribution in [-0.2, 0) is 12.0 Å². The zero-order valence-electron chi connectivity index (χ0n) is 12.3. The number of imidazole rings is 1. The van der Waals surface area contributed by atoms with Crippen molar-refractivity contribution in [1.29, 1.82) is 0 Å². The minimum Gasteiger partial charge on any atom is -0.322 e. The zero-order valence-corrected chi connectivity index (χ0v) is 13.1. The second-order valence-electron chi connectivity index (χ2n) is 5.81. The number of fused-ring (bicyclic) bond motifs is 1. The Morgan fingerprint density at radius 1 is 1.32 bits per heavy atom. The van der Waals surface area contributed by atoms with Gasteiger partial charge in [-0.05, 0) is 38.8 Å². The number of aromatic nitrogens is 2. The highest BCUT2D eigenvalue weighted by Crippen LogP contribution is 2.30. The molecule has 1 heterocycles. The Kier molecular flexibility index (Phi) is 4.19. The molecule has 0 N–H and O–H groups in total. The van der Waals surface area contributed by atoms with Gasteiger partial charge in [0.2, 0.25) is 0 Å². The minimum absolute atomic E-state index is 0.0820. The van der Waals surface area contributed by atoms with Crippen LogP contribution in [0.15, 0.2) is 18.2 Å². The van der Waals surface area contributed by atoms with Crippen LogP contribution in [0.5, 0.6) is 0 Å². The van der Waals surface area contributed by atoms with Gasteiger partial charge in [-0.15, -0.1) is 11.6 Å². The summed E-state index contributed by atoms with van der Waals surface area (Å²) in [6.07, 6.45) is 3.13. The highest BCUT2D eigenvalue weighted by molar-refractivity contribution is 6.17. The first-order chi connectivity index (χ1) is 9.01. The second-order valence-corrected chi connectivity index (χ2v) is 6.19. The van der Waals surface area contributed by atoms with Crippen molar-refractivity contribution >= 4 is 22.6 Å². The van der Waals surface area contributed by atoms with Crippen molar-refractivity contribution in [2.24, 2.45) is 0 Å². The molecule has 0 amide bonds. The second kappa shape index (κ2) is 5.54. The van der Waals surface area contributed by atoms with Crippen LogP contribution < -0.4 is 0 Å². The number of rotatable bonds is 5. The Morgan fingerprint density at radius 2 is 2.05 bits per heavy atom. The Bertz CT molecular complexity index is 569. The fourth-order valence-electron chi connectivity index (χ4n) is 2.94. The van der Waals surface area contributed by atoms with E-state index in [-0.39, 0.29) is 5.54 Å². The molecule has 0 aliphatic rings. The van der Waals surface area contributed by atoms with Crippen LogP contribution in [0.4, 0.5) is 0 Å². The number of benzene rings is 1. The van der Waals surface area contributed by atoms with Gasteiger partial charge in [0.25, 0.3) is 0 Å². The number of para-hydroxylation sites is 1. The van der Waals surface area contributed by atoms with Crippen molar-refractivity contribution in [2.75, 3.05) is 5.88 Å². The Morgan fingerprint density at radius 3 is 2.68 bits per heavy atom. The topological polar surface area (TPSA) is 17.8 Å². The molecule has 0 aliphatic heterocycles. The number of hydrogen-bond donors (Lipinski definition) is 0. The summed E-state index contributed by atoms with van der Waals surface area (Å²) in [5, 5.41) is 0. The molecule has 0 atom stereocenters. The molecule has 3 heteroatoms. The van der Waals surface area contributed by atoms with E-state index in [1.54, 1.807) is 0 Å². The van der Waals surface area contributed by atoms with Crippen LogP contribution in [0.3, 0.4) is 0 Å². The fourth-order valence-corrected chi connectivity index (χ4v) is 3.11. The lowest BCUT2D eigenvalue weighted by molar-refractivity contribution is 0.324. The quantitative estimate of drug-likeness (QED) is 0.727. The molecular formula is C16H23ClN2. The van der Waals surface area contributed by atoms with Gasteiger partial charge in [-0.25, -0.2) is 4.98 Å². The maximum atomic E-state index is 5.95. The predicted molar refractivity (Wildman–Crippen MR) is 83.1 cm³/mol. The van der Waals surface area contributed by atoms with Gasteiger partial charge < -0.3 is 4.57 Å². The Labute approximate surface area is 120 Å². The summed E-state index contributed by atoms with van der Waals surface area (Å²) in [5.41, 5.74) is 3.67. The molecule has 0 fully saturated rings. The van der Waals surface area contributed by atoms with Crippen LogP contribution in [-0.4, -0.2) is 15.4 Å². The minimum atomic E-state index is 0.0820. The molecule has 19 heavy (non-hydrogen) atoms. The molecule has 0 bridgehead atoms. The molecule has 2 aromatic rings. The molecular weight excluding hydrogens is 256 g/mol. The van der Waals surface area contributed by atoms with Gasteiger partial charge in [0.15, 0.2) is 0 Å². The number of alkyl halides is 1. The highest BCUT2D eigenvalue weighted by Gasteiger charge is 2.25. The van der Waals surface area contributed by atoms with Crippen molar-refractivity contribution in [1.82, 2.24) is 9.55 Å². The summed E-state index contributed by atoms with van der Waals surface area (Å²) in [6, 6.07) is 6.41. The van der Waals surface area contributed by atoms with Gasteiger partial charge >= 0.3 is 0 Å². The average Bonchev–Trinajstić information content (AvgIpc) is 2.70. The van der Waals surface area contributed by atoms with Gasteiger partial charge in [-0.2, -0.15) is 0 Å². The van der Waals surface area contributed by atoms with Crippen LogP contribution >= 0.6 is 11.6 Å². The molecule has 0 saturated heterocycles. The van der Waals surface area contributed by atoms with E-state index in [9.17, 15) is 0 Å². The third-order valence-electron chi connectivity index (χ3n) is 3.74. The van der Waals surface area contributed by atoms with Crippen molar-refractivity contribution in [3.63, 3.8) is 0 Å². The maximum Gasteiger partial charge on any atom is 0.111 e. The molecule has 0 radical (unpaired) electrons. The lowest BCUT2D eigenvalue weighted by atomic mass is 9.97. The van der Waals surface area contributed by atoms with Crippen molar-refractivity contribution in [2.45, 2.75) is 52.5 Å². The summed E-state index contributed by atoms with van der Waals surface area (Å²) < 4.78 is 2.39. The van der Waals surface area contributed by atoms with Crippen LogP contribution in [0.2, 0.25) is 0 Å². The van der Waals surface area contributed by atoms with Crippen LogP contribution in [0, 0.1) is 6.92 Å². The maximum absolute atomic E-state index is 5.95. The van der Waals surface area contributed by atoms with E-state index in [1.807, 2.05) is 0 Å². The normalized spacial score (nSPS) is 12.3. The van der Waals surface area contributed by atoms with E-state index in [2.05, 4.69) is 50.5 Å². The SMILES string of the molecule is CCCC(C)(C)n1c(CCCl)nc2c(C)cccc21. The molecule has 1 aromatic heterocycles. The first-order valence-corrected chi connectivity index (χ1v) is 7.58. The van der Waals surface area contributed by atoms with E-state index < -0.39 is 0 Å². The van der Waals surface area contributed by atoms with E-state index in [1.165, 1.54) is 17.5 Å². The molecule has 2 rings (SSSR count). The van der Waals surface area contributed by atoms with Gasteiger partial charge in [-0.3, -0.25) is 0 Å². The standard InChI is InChI=1S/C16H23ClN2/c1-5-10-16(3,4)19-13-8-6-7-12(2)15(13)18-14(19)9-11-17/h6-8H,5,9-11H2,1-4H3. The van der Waals surface area contributed by atoms with Crippen LogP contribution in [0.25, 0.3) is 11.0 Å². The van der Waals surface area contributed by atoms with Crippen molar-refractivity contribution < 1.29 is 0 Å². The molecule has 2 nitrogen and oxygen atoms in total. The average molecular weight is 279 g/mol. The van der Waals surface area contributed by atoms with Gasteiger partial charge in [0.1, 0.15) is 5.82 Å². The summed E-state index contributed by atoms with van der Waals surface area (Å²) in [4.78, 5) is 4.83. The molecule has 0 saturated carbocycles. The smallest absolute Gasteiger partial charge is 0.111 e. The summed E-state index contributed by atoms with van der Waals surface area (Å²) in [5.74, 6) is 1.72. The molecule has 1 aromatic carbocycles. The number of nitrogens with zero attached hydrogens (tertiary/aromatic N) is 2. The number of halogens is 1. The van der Waals surface area contributed by atoms with Crippen LogP contribution in [0.1, 0.15) is 45.0 Å². The first kappa shape index (κ1) is 14.4. The largest absolute Gasteiger partial charge is 0.322 e. The first-order valence-electron chi connectivity index (χ1n) is 7.04. The monoisotopic (exact) mass is 278 g/mol. The number of hydrogen-bond acceptors (Lipinski definition) is 1. The predicted octanol–water partition coefficient (Wildman–Crippen LogP) is 4.66. The Balaban J connectivity index is 2.68. The lowest BCUT2D eigenvalue weighted by Gasteiger charge is -2.29. The number of aryl methyl sites for hydroxylation is 2. The summed E-state index contributed by atoms with van der Waals surface area (Å²) in [6.45, 7) is 8.93. The molecule has 0 spiro atoms. The van der Waals surface area contributed by atoms with Gasteiger partial charge in [0, 0.05) is 17.8 Å². The van der Waals surface area contributed by atoms with Crippen molar-refractivity contribution in [3.05, 3.63) is 29.6 Å². The summed E-state index contributed by atoms with van der Waals surface area (Å²) >= 11 is 5.95. The molecule has 0 aliphatic carbocycles. The van der Waals surface area contributed by atoms with E-state index in [4.69, 9.17) is 16.6 Å². The molecule has 0 unspecified atom stereocenters. The third-order valence-corrected chi connectivity index (χ3v) is 3.93. The van der Waals surface area contributed by atoms with Gasteiger partial charge in [-0.1, -0.05) is 25.5 Å². The van der Waals surface area contributed by atoms with E-state index in [0.29, 0.717) is 5.88 Å². The van der Waals surface area contributed by atoms with E-state index >= 15 is 0 Å². The molecule has 104 valence electrons. The zero-order chi connectivity index (χ0) is 14.0.